The summed E-state index contributed by atoms with van der Waals surface area (Å²) in [6.45, 7) is 12.2. The minimum atomic E-state index is 0.380. The molecule has 2 unspecified atom stereocenters. The Morgan fingerprint density at radius 3 is 2.50 bits per heavy atom. The Balaban J connectivity index is 2.44. The van der Waals surface area contributed by atoms with E-state index in [1.165, 1.54) is 41.3 Å². The third-order valence-electron chi connectivity index (χ3n) is 3.61. The summed E-state index contributed by atoms with van der Waals surface area (Å²) in [6, 6.07) is 0.380. The van der Waals surface area contributed by atoms with Gasteiger partial charge < -0.3 is 5.32 Å². The van der Waals surface area contributed by atoms with E-state index in [0.717, 1.165) is 12.5 Å². The second-order valence-electron chi connectivity index (χ2n) is 5.22. The average Bonchev–Trinajstić information content (AvgIpc) is 2.68. The summed E-state index contributed by atoms with van der Waals surface area (Å²) in [7, 11) is 0. The Kier molecular flexibility index (Phi) is 6.87. The van der Waals surface area contributed by atoms with Crippen LogP contribution < -0.4 is 5.32 Å². The molecule has 1 aromatic heterocycles. The number of nitrogens with one attached hydrogen (secondary N) is 1. The number of thiazole rings is 1. The molecule has 2 nitrogen and oxygen atoms in total. The lowest BCUT2D eigenvalue weighted by Crippen LogP contribution is -2.26. The Morgan fingerprint density at radius 2 is 2.00 bits per heavy atom. The lowest BCUT2D eigenvalue weighted by molar-refractivity contribution is 0.396. The molecule has 104 valence electrons. The average molecular weight is 268 g/mol. The van der Waals surface area contributed by atoms with Crippen LogP contribution in [0.3, 0.4) is 0 Å². The SMILES string of the molecule is CCCCC(CC)CNC(C)c1nc(C)sc1C. The van der Waals surface area contributed by atoms with Crippen LogP contribution in [0.15, 0.2) is 0 Å². The maximum absolute atomic E-state index is 4.63. The van der Waals surface area contributed by atoms with Crippen molar-refractivity contribution in [3.05, 3.63) is 15.6 Å². The predicted octanol–water partition coefficient (Wildman–Crippen LogP) is 4.63. The monoisotopic (exact) mass is 268 g/mol. The van der Waals surface area contributed by atoms with Crippen LogP contribution in [0, 0.1) is 19.8 Å². The number of nitrogens with zero attached hydrogens (tertiary/aromatic N) is 1. The van der Waals surface area contributed by atoms with Crippen LogP contribution >= 0.6 is 11.3 Å². The number of unbranched alkanes of at least 4 members (excludes halogenated alkanes) is 1. The molecular formula is C15H28N2S. The summed E-state index contributed by atoms with van der Waals surface area (Å²) in [5, 5.41) is 4.83. The highest BCUT2D eigenvalue weighted by Crippen LogP contribution is 2.23. The Hall–Kier alpha value is -0.410. The molecule has 0 saturated heterocycles. The Bertz CT molecular complexity index is 346. The molecule has 0 saturated carbocycles. The van der Waals surface area contributed by atoms with Gasteiger partial charge in [-0.05, 0) is 39.7 Å². The maximum atomic E-state index is 4.63. The van der Waals surface area contributed by atoms with E-state index in [0.29, 0.717) is 6.04 Å². The van der Waals surface area contributed by atoms with Crippen molar-refractivity contribution < 1.29 is 0 Å². The molecule has 1 rings (SSSR count). The second-order valence-corrected chi connectivity index (χ2v) is 6.63. The summed E-state index contributed by atoms with van der Waals surface area (Å²) in [6.07, 6.45) is 5.27. The summed E-state index contributed by atoms with van der Waals surface area (Å²) < 4.78 is 0. The first-order valence-corrected chi connectivity index (χ1v) is 8.07. The first kappa shape index (κ1) is 15.6. The van der Waals surface area contributed by atoms with Crippen molar-refractivity contribution in [2.45, 2.75) is 66.3 Å². The van der Waals surface area contributed by atoms with Crippen molar-refractivity contribution in [2.24, 2.45) is 5.92 Å². The summed E-state index contributed by atoms with van der Waals surface area (Å²) in [5.41, 5.74) is 1.24. The number of hydrogen-bond acceptors (Lipinski definition) is 3. The zero-order valence-electron chi connectivity index (χ0n) is 12.5. The van der Waals surface area contributed by atoms with Gasteiger partial charge >= 0.3 is 0 Å². The van der Waals surface area contributed by atoms with Gasteiger partial charge in [0.1, 0.15) is 0 Å². The molecule has 0 aliphatic carbocycles. The van der Waals surface area contributed by atoms with Crippen molar-refractivity contribution in [1.82, 2.24) is 10.3 Å². The zero-order valence-corrected chi connectivity index (χ0v) is 13.4. The molecule has 1 aromatic rings. The van der Waals surface area contributed by atoms with Crippen LogP contribution in [0.25, 0.3) is 0 Å². The van der Waals surface area contributed by atoms with Gasteiger partial charge in [-0.25, -0.2) is 4.98 Å². The van der Waals surface area contributed by atoms with E-state index >= 15 is 0 Å². The summed E-state index contributed by atoms with van der Waals surface area (Å²) >= 11 is 1.80. The lowest BCUT2D eigenvalue weighted by Gasteiger charge is -2.19. The highest BCUT2D eigenvalue weighted by Gasteiger charge is 2.14. The van der Waals surface area contributed by atoms with Crippen molar-refractivity contribution in [2.75, 3.05) is 6.54 Å². The minimum absolute atomic E-state index is 0.380. The highest BCUT2D eigenvalue weighted by atomic mass is 32.1. The molecule has 1 heterocycles. The largest absolute Gasteiger partial charge is 0.309 e. The van der Waals surface area contributed by atoms with Crippen LogP contribution in [-0.2, 0) is 0 Å². The molecule has 0 aliphatic heterocycles. The first-order chi connectivity index (χ1) is 8.58. The molecule has 0 aromatic carbocycles. The number of aryl methyl sites for hydroxylation is 2. The molecule has 1 N–H and O–H groups in total. The maximum Gasteiger partial charge on any atom is 0.0900 e. The summed E-state index contributed by atoms with van der Waals surface area (Å²) in [4.78, 5) is 5.99. The smallest absolute Gasteiger partial charge is 0.0900 e. The fourth-order valence-corrected chi connectivity index (χ4v) is 3.24. The van der Waals surface area contributed by atoms with Gasteiger partial charge in [-0.3, -0.25) is 0 Å². The molecule has 0 amide bonds. The number of aromatic nitrogens is 1. The van der Waals surface area contributed by atoms with E-state index in [1.807, 2.05) is 0 Å². The molecule has 3 heteroatoms. The molecular weight excluding hydrogens is 240 g/mol. The highest BCUT2D eigenvalue weighted by molar-refractivity contribution is 7.11. The van der Waals surface area contributed by atoms with Crippen LogP contribution in [0.5, 0.6) is 0 Å². The Morgan fingerprint density at radius 1 is 1.28 bits per heavy atom. The van der Waals surface area contributed by atoms with Crippen molar-refractivity contribution >= 4 is 11.3 Å². The molecule has 0 aliphatic rings. The molecule has 18 heavy (non-hydrogen) atoms. The number of rotatable bonds is 8. The van der Waals surface area contributed by atoms with E-state index in [1.54, 1.807) is 11.3 Å². The zero-order chi connectivity index (χ0) is 13.5. The van der Waals surface area contributed by atoms with E-state index in [4.69, 9.17) is 0 Å². The van der Waals surface area contributed by atoms with Gasteiger partial charge in [0.15, 0.2) is 0 Å². The van der Waals surface area contributed by atoms with Crippen LogP contribution in [0.1, 0.15) is 68.1 Å². The van der Waals surface area contributed by atoms with Crippen molar-refractivity contribution in [3.63, 3.8) is 0 Å². The quantitative estimate of drug-likeness (QED) is 0.743. The van der Waals surface area contributed by atoms with Crippen LogP contribution in [-0.4, -0.2) is 11.5 Å². The Labute approximate surface area is 116 Å². The van der Waals surface area contributed by atoms with Crippen molar-refractivity contribution in [1.29, 1.82) is 0 Å². The van der Waals surface area contributed by atoms with Gasteiger partial charge in [0, 0.05) is 10.9 Å². The van der Waals surface area contributed by atoms with Gasteiger partial charge in [0.05, 0.1) is 10.7 Å². The standard InChI is InChI=1S/C15H28N2S/c1-6-8-9-14(7-2)10-16-11(3)15-12(4)18-13(5)17-15/h11,14,16H,6-10H2,1-5H3. The second kappa shape index (κ2) is 7.90. The van der Waals surface area contributed by atoms with Crippen molar-refractivity contribution in [3.8, 4) is 0 Å². The number of hydrogen-bond donors (Lipinski definition) is 1. The fraction of sp³-hybridized carbons (Fsp3) is 0.800. The van der Waals surface area contributed by atoms with Crippen LogP contribution in [0.4, 0.5) is 0 Å². The van der Waals surface area contributed by atoms with Gasteiger partial charge in [-0.2, -0.15) is 0 Å². The molecule has 0 bridgehead atoms. The normalized spacial score (nSPS) is 14.7. The summed E-state index contributed by atoms with van der Waals surface area (Å²) in [5.74, 6) is 0.812. The third-order valence-corrected chi connectivity index (χ3v) is 4.51. The third kappa shape index (κ3) is 4.69. The van der Waals surface area contributed by atoms with E-state index in [9.17, 15) is 0 Å². The van der Waals surface area contributed by atoms with E-state index < -0.39 is 0 Å². The topological polar surface area (TPSA) is 24.9 Å². The fourth-order valence-electron chi connectivity index (χ4n) is 2.33. The van der Waals surface area contributed by atoms with E-state index in [2.05, 4.69) is 44.9 Å². The lowest BCUT2D eigenvalue weighted by atomic mass is 9.99. The van der Waals surface area contributed by atoms with Gasteiger partial charge in [-0.1, -0.05) is 33.1 Å². The van der Waals surface area contributed by atoms with Crippen LogP contribution in [0.2, 0.25) is 0 Å². The molecule has 0 fully saturated rings. The minimum Gasteiger partial charge on any atom is -0.309 e. The van der Waals surface area contributed by atoms with Gasteiger partial charge in [-0.15, -0.1) is 11.3 Å². The molecule has 0 spiro atoms. The van der Waals surface area contributed by atoms with E-state index in [-0.39, 0.29) is 0 Å². The van der Waals surface area contributed by atoms with Gasteiger partial charge in [0.25, 0.3) is 0 Å². The molecule has 0 radical (unpaired) electrons. The van der Waals surface area contributed by atoms with Gasteiger partial charge in [0.2, 0.25) is 0 Å². The first-order valence-electron chi connectivity index (χ1n) is 7.25. The predicted molar refractivity (Wildman–Crippen MR) is 81.3 cm³/mol. The molecule has 2 atom stereocenters.